The summed E-state index contributed by atoms with van der Waals surface area (Å²) in [5.74, 6) is 0. The van der Waals surface area contributed by atoms with E-state index in [1.54, 1.807) is 0 Å². The maximum absolute atomic E-state index is 2.25. The van der Waals surface area contributed by atoms with Crippen molar-refractivity contribution in [3.05, 3.63) is 36.4 Å². The molecule has 0 atom stereocenters. The van der Waals surface area contributed by atoms with E-state index in [1.807, 2.05) is 36.4 Å². The first-order valence-corrected chi connectivity index (χ1v) is 5.41. The predicted molar refractivity (Wildman–Crippen MR) is 61.1 cm³/mol. The van der Waals surface area contributed by atoms with Crippen molar-refractivity contribution in [1.82, 2.24) is 0 Å². The average Bonchev–Trinajstić information content (AvgIpc) is 2.22. The van der Waals surface area contributed by atoms with Crippen LogP contribution in [0.15, 0.2) is 36.4 Å². The molecule has 0 bridgehead atoms. The monoisotopic (exact) mass is 170 g/mol. The molecule has 0 N–H and O–H groups in total. The summed E-state index contributed by atoms with van der Waals surface area (Å²) in [4.78, 5) is 0. The Balaban J connectivity index is 0.000000223. The SMILES string of the molecule is [Li][CH2]CCCCC.c1ccccc1. The Labute approximate surface area is 91.9 Å². The van der Waals surface area contributed by atoms with Crippen molar-refractivity contribution in [3.63, 3.8) is 0 Å². The molecule has 13 heavy (non-hydrogen) atoms. The van der Waals surface area contributed by atoms with Gasteiger partial charge < -0.3 is 0 Å². The smallest absolute Gasteiger partial charge is 0.0623 e. The van der Waals surface area contributed by atoms with Gasteiger partial charge in [0.2, 0.25) is 0 Å². The minimum Gasteiger partial charge on any atom is -0.0623 e. The molecule has 1 rings (SSSR count). The van der Waals surface area contributed by atoms with Crippen LogP contribution in [0.3, 0.4) is 0 Å². The molecule has 0 saturated carbocycles. The normalized spacial score (nSPS) is 8.85. The van der Waals surface area contributed by atoms with Gasteiger partial charge >= 0.3 is 55.4 Å². The Hall–Kier alpha value is -0.183. The molecule has 68 valence electrons. The first-order valence-electron chi connectivity index (χ1n) is 5.41. The van der Waals surface area contributed by atoms with E-state index in [9.17, 15) is 0 Å². The van der Waals surface area contributed by atoms with Crippen LogP contribution in [0.5, 0.6) is 0 Å². The number of rotatable bonds is 4. The summed E-state index contributed by atoms with van der Waals surface area (Å²) in [5, 5.41) is 1.36. The van der Waals surface area contributed by atoms with E-state index < -0.39 is 0 Å². The minimum absolute atomic E-state index is 1.36. The second-order valence-electron chi connectivity index (χ2n) is 3.22. The average molecular weight is 170 g/mol. The Bertz CT molecular complexity index is 129. The molecular weight excluding hydrogens is 151 g/mol. The van der Waals surface area contributed by atoms with Crippen LogP contribution in [0.2, 0.25) is 5.09 Å². The molecule has 0 amide bonds. The molecule has 0 saturated heterocycles. The van der Waals surface area contributed by atoms with Gasteiger partial charge in [-0.2, -0.15) is 0 Å². The van der Waals surface area contributed by atoms with Gasteiger partial charge in [-0.25, -0.2) is 0 Å². The Morgan fingerprint density at radius 2 is 1.23 bits per heavy atom. The van der Waals surface area contributed by atoms with Gasteiger partial charge in [-0.05, 0) is 0 Å². The first kappa shape index (κ1) is 12.8. The van der Waals surface area contributed by atoms with Crippen molar-refractivity contribution in [2.45, 2.75) is 37.7 Å². The van der Waals surface area contributed by atoms with E-state index in [0.717, 1.165) is 0 Å². The molecule has 0 unspecified atom stereocenters. The number of unbranched alkanes of at least 4 members (excludes halogenated alkanes) is 3. The van der Waals surface area contributed by atoms with E-state index in [1.165, 1.54) is 30.8 Å². The molecule has 0 aromatic heterocycles. The maximum Gasteiger partial charge on any atom is -0.0623 e. The topological polar surface area (TPSA) is 0 Å². The van der Waals surface area contributed by atoms with Crippen LogP contribution in [0, 0.1) is 0 Å². The molecule has 1 heteroatoms. The van der Waals surface area contributed by atoms with Crippen LogP contribution in [0.4, 0.5) is 0 Å². The van der Waals surface area contributed by atoms with Gasteiger partial charge in [-0.3, -0.25) is 0 Å². The third-order valence-corrected chi connectivity index (χ3v) is 1.87. The number of benzene rings is 1. The van der Waals surface area contributed by atoms with E-state index >= 15 is 0 Å². The van der Waals surface area contributed by atoms with Gasteiger partial charge in [-0.1, -0.05) is 36.4 Å². The predicted octanol–water partition coefficient (Wildman–Crippen LogP) is 3.84. The summed E-state index contributed by atoms with van der Waals surface area (Å²) in [7, 11) is 0. The first-order chi connectivity index (χ1) is 6.41. The zero-order chi connectivity index (χ0) is 9.78. The fourth-order valence-corrected chi connectivity index (χ4v) is 1.06. The molecule has 0 fully saturated rings. The Kier molecular flexibility index (Phi) is 11.7. The minimum atomic E-state index is 1.36. The van der Waals surface area contributed by atoms with Crippen LogP contribution in [0.1, 0.15) is 32.6 Å². The fourth-order valence-electron chi connectivity index (χ4n) is 1.06. The zero-order valence-corrected chi connectivity index (χ0v) is 9.00. The molecular formula is C12H19Li. The molecule has 1 aromatic carbocycles. The van der Waals surface area contributed by atoms with E-state index in [0.29, 0.717) is 0 Å². The van der Waals surface area contributed by atoms with E-state index in [-0.39, 0.29) is 0 Å². The third-order valence-electron chi connectivity index (χ3n) is 1.87. The van der Waals surface area contributed by atoms with Crippen molar-refractivity contribution in [3.8, 4) is 0 Å². The Morgan fingerprint density at radius 1 is 0.769 bits per heavy atom. The van der Waals surface area contributed by atoms with Crippen LogP contribution in [0.25, 0.3) is 0 Å². The summed E-state index contributed by atoms with van der Waals surface area (Å²) in [6, 6.07) is 12.0. The molecule has 0 nitrogen and oxygen atoms in total. The van der Waals surface area contributed by atoms with Crippen molar-refractivity contribution >= 4 is 17.7 Å². The van der Waals surface area contributed by atoms with Gasteiger partial charge in [0.15, 0.2) is 0 Å². The van der Waals surface area contributed by atoms with Gasteiger partial charge in [-0.15, -0.1) is 0 Å². The van der Waals surface area contributed by atoms with Crippen LogP contribution < -0.4 is 0 Å². The molecule has 0 aliphatic rings. The third kappa shape index (κ3) is 11.8. The largest absolute Gasteiger partial charge is 0.0623 e. The quantitative estimate of drug-likeness (QED) is 0.475. The summed E-state index contributed by atoms with van der Waals surface area (Å²) in [6.07, 6.45) is 5.65. The van der Waals surface area contributed by atoms with Crippen LogP contribution >= 0.6 is 0 Å². The summed E-state index contributed by atoms with van der Waals surface area (Å²) in [6.45, 7) is 2.25. The fraction of sp³-hybridized carbons (Fsp3) is 0.500. The van der Waals surface area contributed by atoms with Gasteiger partial charge in [0, 0.05) is 0 Å². The molecule has 0 spiro atoms. The molecule has 0 aliphatic heterocycles. The van der Waals surface area contributed by atoms with E-state index in [4.69, 9.17) is 0 Å². The van der Waals surface area contributed by atoms with Gasteiger partial charge in [0.25, 0.3) is 0 Å². The van der Waals surface area contributed by atoms with Crippen LogP contribution in [-0.2, 0) is 0 Å². The van der Waals surface area contributed by atoms with E-state index in [2.05, 4.69) is 24.6 Å². The summed E-state index contributed by atoms with van der Waals surface area (Å²) in [5.41, 5.74) is 0. The van der Waals surface area contributed by atoms with Crippen molar-refractivity contribution in [1.29, 1.82) is 0 Å². The van der Waals surface area contributed by atoms with Gasteiger partial charge in [0.05, 0.1) is 0 Å². The molecule has 0 aliphatic carbocycles. The Morgan fingerprint density at radius 3 is 1.54 bits per heavy atom. The molecule has 0 radical (unpaired) electrons. The van der Waals surface area contributed by atoms with Gasteiger partial charge in [0.1, 0.15) is 0 Å². The molecule has 0 heterocycles. The second-order valence-corrected chi connectivity index (χ2v) is 3.22. The maximum atomic E-state index is 2.25. The molecule has 1 aromatic rings. The van der Waals surface area contributed by atoms with Crippen LogP contribution in [-0.4, -0.2) is 17.7 Å². The second kappa shape index (κ2) is 11.8. The van der Waals surface area contributed by atoms with Crippen molar-refractivity contribution < 1.29 is 0 Å². The zero-order valence-electron chi connectivity index (χ0n) is 9.00. The van der Waals surface area contributed by atoms with Crippen molar-refractivity contribution in [2.24, 2.45) is 0 Å². The van der Waals surface area contributed by atoms with Crippen molar-refractivity contribution in [2.75, 3.05) is 0 Å². The standard InChI is InChI=1S/C6H6.C6H13.Li/c1-2-4-6-5-3-1;1-3-5-6-4-2;/h1-6H;1,3-6H2,2H3;. The summed E-state index contributed by atoms with van der Waals surface area (Å²) >= 11 is 2.25. The number of hydrogen-bond acceptors (Lipinski definition) is 0. The summed E-state index contributed by atoms with van der Waals surface area (Å²) < 4.78 is 0. The number of hydrogen-bond donors (Lipinski definition) is 0.